The van der Waals surface area contributed by atoms with Gasteiger partial charge in [-0.1, -0.05) is 50.6 Å². The number of hydrogen-bond acceptors (Lipinski definition) is 4. The first-order valence-corrected chi connectivity index (χ1v) is 10.4. The number of rotatable bonds is 5. The average Bonchev–Trinajstić information content (AvgIpc) is 3.06. The van der Waals surface area contributed by atoms with E-state index >= 15 is 0 Å². The van der Waals surface area contributed by atoms with Crippen LogP contribution in [0.15, 0.2) is 60.7 Å². The molecule has 2 heterocycles. The lowest BCUT2D eigenvalue weighted by atomic mass is 9.87. The van der Waals surface area contributed by atoms with Crippen LogP contribution in [0.3, 0.4) is 0 Å². The average molecular weight is 451 g/mol. The van der Waals surface area contributed by atoms with Crippen molar-refractivity contribution in [2.75, 3.05) is 7.11 Å². The number of methoxy groups -OCH3 is 1. The van der Waals surface area contributed by atoms with Crippen LogP contribution in [0.5, 0.6) is 17.2 Å². The SMILES string of the molecule is COc1cccc(Oc2c(C(=O)O)n(-c3ccc(C(C)(C)C)cc3)c3nc(Cl)ccc23)c1. The minimum absolute atomic E-state index is 0.0326. The molecule has 0 radical (unpaired) electrons. The van der Waals surface area contributed by atoms with Gasteiger partial charge in [0.1, 0.15) is 16.7 Å². The monoisotopic (exact) mass is 450 g/mol. The van der Waals surface area contributed by atoms with Crippen LogP contribution in [0.25, 0.3) is 16.7 Å². The maximum Gasteiger partial charge on any atom is 0.356 e. The van der Waals surface area contributed by atoms with Crippen molar-refractivity contribution >= 4 is 28.6 Å². The smallest absolute Gasteiger partial charge is 0.356 e. The minimum atomic E-state index is -1.14. The molecular weight excluding hydrogens is 428 g/mol. The molecule has 4 rings (SSSR count). The highest BCUT2D eigenvalue weighted by Crippen LogP contribution is 2.39. The number of aromatic nitrogens is 2. The second-order valence-electron chi connectivity index (χ2n) is 8.40. The first-order chi connectivity index (χ1) is 15.2. The topological polar surface area (TPSA) is 73.6 Å². The predicted molar refractivity (Wildman–Crippen MR) is 125 cm³/mol. The third-order valence-corrected chi connectivity index (χ3v) is 5.40. The number of benzene rings is 2. The summed E-state index contributed by atoms with van der Waals surface area (Å²) >= 11 is 6.17. The van der Waals surface area contributed by atoms with Gasteiger partial charge in [0.2, 0.25) is 0 Å². The lowest BCUT2D eigenvalue weighted by Crippen LogP contribution is -2.12. The zero-order valence-electron chi connectivity index (χ0n) is 18.2. The molecule has 32 heavy (non-hydrogen) atoms. The summed E-state index contributed by atoms with van der Waals surface area (Å²) in [5.74, 6) is 0.0905. The molecule has 4 aromatic rings. The molecule has 0 aliphatic rings. The summed E-state index contributed by atoms with van der Waals surface area (Å²) in [4.78, 5) is 16.8. The molecule has 164 valence electrons. The Balaban J connectivity index is 1.95. The van der Waals surface area contributed by atoms with Crippen LogP contribution in [-0.2, 0) is 5.41 Å². The lowest BCUT2D eigenvalue weighted by Gasteiger charge is -2.19. The number of carboxylic acids is 1. The number of ether oxygens (including phenoxy) is 2. The number of nitrogens with zero attached hydrogens (tertiary/aromatic N) is 2. The first-order valence-electron chi connectivity index (χ1n) is 10.1. The van der Waals surface area contributed by atoms with Gasteiger partial charge in [-0.3, -0.25) is 4.57 Å². The molecular formula is C25H23ClN2O4. The third-order valence-electron chi connectivity index (χ3n) is 5.19. The van der Waals surface area contributed by atoms with Crippen LogP contribution in [-0.4, -0.2) is 27.7 Å². The molecule has 0 saturated carbocycles. The fourth-order valence-electron chi connectivity index (χ4n) is 3.55. The highest BCUT2D eigenvalue weighted by Gasteiger charge is 2.27. The molecule has 0 amide bonds. The normalized spacial score (nSPS) is 11.5. The van der Waals surface area contributed by atoms with Crippen molar-refractivity contribution in [2.45, 2.75) is 26.2 Å². The summed E-state index contributed by atoms with van der Waals surface area (Å²) in [6.07, 6.45) is 0. The van der Waals surface area contributed by atoms with Gasteiger partial charge in [0.05, 0.1) is 12.5 Å². The Bertz CT molecular complexity index is 1300. The Hall–Kier alpha value is -3.51. The Morgan fingerprint density at radius 2 is 1.72 bits per heavy atom. The van der Waals surface area contributed by atoms with Crippen LogP contribution >= 0.6 is 11.6 Å². The van der Waals surface area contributed by atoms with Gasteiger partial charge in [-0.15, -0.1) is 0 Å². The molecule has 7 heteroatoms. The maximum absolute atomic E-state index is 12.4. The number of halogens is 1. The molecule has 0 aliphatic heterocycles. The number of hydrogen-bond donors (Lipinski definition) is 1. The zero-order chi connectivity index (χ0) is 23.0. The second kappa shape index (κ2) is 8.20. The molecule has 6 nitrogen and oxygen atoms in total. The van der Waals surface area contributed by atoms with E-state index in [9.17, 15) is 9.90 Å². The number of fused-ring (bicyclic) bond motifs is 1. The Labute approximate surface area is 191 Å². The van der Waals surface area contributed by atoms with Gasteiger partial charge in [-0.05, 0) is 47.4 Å². The molecule has 0 aliphatic carbocycles. The van der Waals surface area contributed by atoms with Gasteiger partial charge in [0.15, 0.2) is 17.1 Å². The van der Waals surface area contributed by atoms with Crippen LogP contribution in [0.4, 0.5) is 0 Å². The third kappa shape index (κ3) is 4.01. The second-order valence-corrected chi connectivity index (χ2v) is 8.79. The molecule has 0 spiro atoms. The van der Waals surface area contributed by atoms with E-state index in [0.29, 0.717) is 28.2 Å². The fourth-order valence-corrected chi connectivity index (χ4v) is 3.69. The Kier molecular flexibility index (Phi) is 5.57. The largest absolute Gasteiger partial charge is 0.497 e. The van der Waals surface area contributed by atoms with Crippen molar-refractivity contribution in [3.63, 3.8) is 0 Å². The summed E-state index contributed by atoms with van der Waals surface area (Å²) in [5.41, 5.74) is 2.11. The molecule has 0 atom stereocenters. The van der Waals surface area contributed by atoms with Crippen LogP contribution in [0, 0.1) is 0 Å². The van der Waals surface area contributed by atoms with Crippen LogP contribution in [0.1, 0.15) is 36.8 Å². The van der Waals surface area contributed by atoms with Gasteiger partial charge in [-0.25, -0.2) is 9.78 Å². The number of carboxylic acid groups (broad SMARTS) is 1. The van der Waals surface area contributed by atoms with Crippen molar-refractivity contribution in [1.29, 1.82) is 0 Å². The van der Waals surface area contributed by atoms with E-state index < -0.39 is 5.97 Å². The molecule has 0 fully saturated rings. The van der Waals surface area contributed by atoms with Gasteiger partial charge in [0, 0.05) is 11.8 Å². The van der Waals surface area contributed by atoms with Gasteiger partial charge in [0.25, 0.3) is 0 Å². The van der Waals surface area contributed by atoms with Crippen molar-refractivity contribution in [1.82, 2.24) is 9.55 Å². The van der Waals surface area contributed by atoms with E-state index in [1.165, 1.54) is 0 Å². The molecule has 0 unspecified atom stereocenters. The van der Waals surface area contributed by atoms with E-state index in [4.69, 9.17) is 21.1 Å². The summed E-state index contributed by atoms with van der Waals surface area (Å²) in [7, 11) is 1.56. The minimum Gasteiger partial charge on any atom is -0.497 e. The highest BCUT2D eigenvalue weighted by atomic mass is 35.5. The summed E-state index contributed by atoms with van der Waals surface area (Å²) < 4.78 is 12.9. The standard InChI is InChI=1S/C25H23ClN2O4/c1-25(2,3)15-8-10-16(11-9-15)28-21(24(29)30)22(19-12-13-20(26)27-23(19)28)32-18-7-5-6-17(14-18)31-4/h5-14H,1-4H3,(H,29,30). The quantitative estimate of drug-likeness (QED) is 0.352. The predicted octanol–water partition coefficient (Wildman–Crippen LogP) is 6.48. The summed E-state index contributed by atoms with van der Waals surface area (Å²) in [5, 5.41) is 10.9. The Morgan fingerprint density at radius 1 is 1.03 bits per heavy atom. The Morgan fingerprint density at radius 3 is 2.34 bits per heavy atom. The lowest BCUT2D eigenvalue weighted by molar-refractivity contribution is 0.0685. The van der Waals surface area contributed by atoms with E-state index in [2.05, 4.69) is 25.8 Å². The van der Waals surface area contributed by atoms with Crippen LogP contribution in [0.2, 0.25) is 5.15 Å². The first kappa shape index (κ1) is 21.7. The molecule has 0 saturated heterocycles. The van der Waals surface area contributed by atoms with Crippen molar-refractivity contribution in [2.24, 2.45) is 0 Å². The zero-order valence-corrected chi connectivity index (χ0v) is 19.0. The number of carbonyl (C=O) groups is 1. The molecule has 2 aromatic carbocycles. The molecule has 0 bridgehead atoms. The van der Waals surface area contributed by atoms with Crippen molar-refractivity contribution in [3.8, 4) is 22.9 Å². The molecule has 1 N–H and O–H groups in total. The van der Waals surface area contributed by atoms with Crippen LogP contribution < -0.4 is 9.47 Å². The van der Waals surface area contributed by atoms with Gasteiger partial charge in [-0.2, -0.15) is 0 Å². The van der Waals surface area contributed by atoms with Crippen molar-refractivity contribution in [3.05, 3.63) is 77.1 Å². The maximum atomic E-state index is 12.4. The number of aromatic carboxylic acids is 1. The fraction of sp³-hybridized carbons (Fsp3) is 0.200. The summed E-state index contributed by atoms with van der Waals surface area (Å²) in [6.45, 7) is 6.37. The van der Waals surface area contributed by atoms with Crippen molar-refractivity contribution < 1.29 is 19.4 Å². The van der Waals surface area contributed by atoms with E-state index in [1.807, 2.05) is 24.3 Å². The van der Waals surface area contributed by atoms with E-state index in [0.717, 1.165) is 5.56 Å². The highest BCUT2D eigenvalue weighted by molar-refractivity contribution is 6.29. The summed E-state index contributed by atoms with van der Waals surface area (Å²) in [6, 6.07) is 18.0. The van der Waals surface area contributed by atoms with Gasteiger partial charge < -0.3 is 14.6 Å². The number of pyridine rings is 1. The van der Waals surface area contributed by atoms with Gasteiger partial charge >= 0.3 is 5.97 Å². The van der Waals surface area contributed by atoms with E-state index in [1.54, 1.807) is 48.1 Å². The molecule has 2 aromatic heterocycles. The van der Waals surface area contributed by atoms with E-state index in [-0.39, 0.29) is 22.0 Å².